The zero-order chi connectivity index (χ0) is 18.0. The van der Waals surface area contributed by atoms with Crippen LogP contribution in [0.2, 0.25) is 0 Å². The summed E-state index contributed by atoms with van der Waals surface area (Å²) < 4.78 is 0.967. The minimum Gasteiger partial charge on any atom is -0.364 e. The van der Waals surface area contributed by atoms with Crippen LogP contribution in [0, 0.1) is 6.92 Å². The third-order valence-electron chi connectivity index (χ3n) is 3.41. The number of benzene rings is 1. The van der Waals surface area contributed by atoms with Gasteiger partial charge in [0.15, 0.2) is 5.69 Å². The summed E-state index contributed by atoms with van der Waals surface area (Å²) in [6, 6.07) is 7.80. The Kier molecular flexibility index (Phi) is 4.95. The highest BCUT2D eigenvalue weighted by Crippen LogP contribution is 2.26. The number of carbonyl (C=O) groups is 2. The van der Waals surface area contributed by atoms with Crippen molar-refractivity contribution >= 4 is 44.8 Å². The summed E-state index contributed by atoms with van der Waals surface area (Å²) in [5.41, 5.74) is 7.76. The number of hydrogen-bond acceptors (Lipinski definition) is 5. The lowest BCUT2D eigenvalue weighted by molar-refractivity contribution is -0.115. The van der Waals surface area contributed by atoms with Crippen LogP contribution in [0.3, 0.4) is 0 Å². The molecule has 2 heterocycles. The molecular formula is C16H14BrN5O2S. The van der Waals surface area contributed by atoms with Gasteiger partial charge in [0.05, 0.1) is 23.5 Å². The highest BCUT2D eigenvalue weighted by molar-refractivity contribution is 9.10. The highest BCUT2D eigenvalue weighted by atomic mass is 79.9. The first-order valence-corrected chi connectivity index (χ1v) is 8.96. The van der Waals surface area contributed by atoms with Gasteiger partial charge in [-0.15, -0.1) is 11.3 Å². The molecule has 9 heteroatoms. The van der Waals surface area contributed by atoms with E-state index in [1.165, 1.54) is 11.3 Å². The third-order valence-corrected chi connectivity index (χ3v) is 4.84. The van der Waals surface area contributed by atoms with Crippen molar-refractivity contribution in [2.75, 3.05) is 5.32 Å². The summed E-state index contributed by atoms with van der Waals surface area (Å²) in [5.74, 6) is -0.997. The second-order valence-electron chi connectivity index (χ2n) is 5.32. The zero-order valence-electron chi connectivity index (χ0n) is 13.2. The van der Waals surface area contributed by atoms with Crippen LogP contribution in [0.15, 0.2) is 34.1 Å². The molecule has 7 nitrogen and oxygen atoms in total. The predicted octanol–water partition coefficient (Wildman–Crippen LogP) is 2.88. The number of primary amides is 1. The number of thiazole rings is 1. The molecule has 1 aromatic carbocycles. The molecule has 0 aliphatic carbocycles. The van der Waals surface area contributed by atoms with Crippen molar-refractivity contribution < 1.29 is 9.59 Å². The predicted molar refractivity (Wildman–Crippen MR) is 99.4 cm³/mol. The van der Waals surface area contributed by atoms with Crippen LogP contribution in [-0.4, -0.2) is 27.0 Å². The number of aromatic nitrogens is 3. The van der Waals surface area contributed by atoms with Gasteiger partial charge in [-0.2, -0.15) is 5.10 Å². The number of hydrogen-bond donors (Lipinski definition) is 3. The Hall–Kier alpha value is -2.52. The SMILES string of the molecule is Cc1[nH]nc(C(N)=O)c1NC(=O)Cc1csc(-c2cccc(Br)c2)n1. The molecule has 0 fully saturated rings. The second-order valence-corrected chi connectivity index (χ2v) is 7.09. The van der Waals surface area contributed by atoms with Crippen molar-refractivity contribution in [2.24, 2.45) is 5.73 Å². The Labute approximate surface area is 155 Å². The summed E-state index contributed by atoms with van der Waals surface area (Å²) in [6.07, 6.45) is 0.0906. The number of halogens is 1. The van der Waals surface area contributed by atoms with Crippen molar-refractivity contribution in [3.8, 4) is 10.6 Å². The molecule has 0 atom stereocenters. The number of nitrogens with two attached hydrogens (primary N) is 1. The van der Waals surface area contributed by atoms with Crippen LogP contribution in [0.25, 0.3) is 10.6 Å². The van der Waals surface area contributed by atoms with Gasteiger partial charge < -0.3 is 11.1 Å². The Bertz CT molecular complexity index is 950. The average Bonchev–Trinajstić information content (AvgIpc) is 3.15. The molecule has 4 N–H and O–H groups in total. The normalized spacial score (nSPS) is 10.6. The molecular weight excluding hydrogens is 406 g/mol. The van der Waals surface area contributed by atoms with E-state index in [0.717, 1.165) is 15.0 Å². The van der Waals surface area contributed by atoms with E-state index < -0.39 is 5.91 Å². The summed E-state index contributed by atoms with van der Waals surface area (Å²) in [5, 5.41) is 11.8. The number of nitrogens with zero attached hydrogens (tertiary/aromatic N) is 2. The summed E-state index contributed by atoms with van der Waals surface area (Å²) in [4.78, 5) is 28.1. The number of anilines is 1. The summed E-state index contributed by atoms with van der Waals surface area (Å²) in [7, 11) is 0. The molecule has 0 aliphatic heterocycles. The maximum absolute atomic E-state index is 12.3. The molecule has 2 amide bonds. The van der Waals surface area contributed by atoms with Crippen LogP contribution in [0.4, 0.5) is 5.69 Å². The van der Waals surface area contributed by atoms with Gasteiger partial charge in [0.1, 0.15) is 5.01 Å². The van der Waals surface area contributed by atoms with Gasteiger partial charge in [0.25, 0.3) is 5.91 Å². The topological polar surface area (TPSA) is 114 Å². The van der Waals surface area contributed by atoms with Gasteiger partial charge in [0, 0.05) is 15.4 Å². The lowest BCUT2D eigenvalue weighted by atomic mass is 10.2. The van der Waals surface area contributed by atoms with E-state index in [2.05, 4.69) is 36.4 Å². The van der Waals surface area contributed by atoms with Crippen LogP contribution in [-0.2, 0) is 11.2 Å². The van der Waals surface area contributed by atoms with E-state index in [-0.39, 0.29) is 18.0 Å². The van der Waals surface area contributed by atoms with Crippen molar-refractivity contribution in [1.29, 1.82) is 0 Å². The smallest absolute Gasteiger partial charge is 0.271 e. The molecule has 0 bridgehead atoms. The van der Waals surface area contributed by atoms with Gasteiger partial charge >= 0.3 is 0 Å². The maximum atomic E-state index is 12.3. The molecule has 0 aliphatic rings. The number of aryl methyl sites for hydroxylation is 1. The zero-order valence-corrected chi connectivity index (χ0v) is 15.6. The Morgan fingerprint density at radius 1 is 1.40 bits per heavy atom. The standard InChI is InChI=1S/C16H14BrN5O2S/c1-8-13(14(15(18)24)22-21-8)20-12(23)6-11-7-25-16(19-11)9-3-2-4-10(17)5-9/h2-5,7H,6H2,1H3,(H2,18,24)(H,20,23)(H,21,22). The number of H-pyrrole nitrogens is 1. The van der Waals surface area contributed by atoms with E-state index in [9.17, 15) is 9.59 Å². The highest BCUT2D eigenvalue weighted by Gasteiger charge is 2.18. The molecule has 25 heavy (non-hydrogen) atoms. The monoisotopic (exact) mass is 419 g/mol. The fraction of sp³-hybridized carbons (Fsp3) is 0.125. The van der Waals surface area contributed by atoms with Gasteiger partial charge in [-0.25, -0.2) is 4.98 Å². The Morgan fingerprint density at radius 3 is 2.92 bits per heavy atom. The molecule has 0 unspecified atom stereocenters. The van der Waals surface area contributed by atoms with Gasteiger partial charge in [0.2, 0.25) is 5.91 Å². The lowest BCUT2D eigenvalue weighted by Gasteiger charge is -2.04. The molecule has 0 radical (unpaired) electrons. The molecule has 0 saturated carbocycles. The molecule has 3 rings (SSSR count). The Morgan fingerprint density at radius 2 is 2.20 bits per heavy atom. The first-order chi connectivity index (χ1) is 11.9. The number of nitrogens with one attached hydrogen (secondary N) is 2. The molecule has 0 saturated heterocycles. The lowest BCUT2D eigenvalue weighted by Crippen LogP contribution is -2.19. The first kappa shape index (κ1) is 17.3. The van der Waals surface area contributed by atoms with E-state index in [1.54, 1.807) is 6.92 Å². The summed E-state index contributed by atoms with van der Waals surface area (Å²) >= 11 is 4.90. The molecule has 0 spiro atoms. The minimum absolute atomic E-state index is 0.0129. The number of amides is 2. The summed E-state index contributed by atoms with van der Waals surface area (Å²) in [6.45, 7) is 1.70. The quantitative estimate of drug-likeness (QED) is 0.589. The van der Waals surface area contributed by atoms with Crippen LogP contribution in [0.1, 0.15) is 21.9 Å². The molecule has 3 aromatic rings. The average molecular weight is 420 g/mol. The number of rotatable bonds is 5. The fourth-order valence-electron chi connectivity index (χ4n) is 2.25. The van der Waals surface area contributed by atoms with E-state index >= 15 is 0 Å². The fourth-order valence-corrected chi connectivity index (χ4v) is 3.47. The van der Waals surface area contributed by atoms with Crippen molar-refractivity contribution in [2.45, 2.75) is 13.3 Å². The van der Waals surface area contributed by atoms with Crippen LogP contribution in [0.5, 0.6) is 0 Å². The molecule has 128 valence electrons. The van der Waals surface area contributed by atoms with Crippen molar-refractivity contribution in [3.63, 3.8) is 0 Å². The Balaban J connectivity index is 1.72. The van der Waals surface area contributed by atoms with Crippen molar-refractivity contribution in [3.05, 3.63) is 51.2 Å². The van der Waals surface area contributed by atoms with E-state index in [0.29, 0.717) is 17.1 Å². The van der Waals surface area contributed by atoms with Crippen LogP contribution >= 0.6 is 27.3 Å². The van der Waals surface area contributed by atoms with Gasteiger partial charge in [-0.1, -0.05) is 28.1 Å². The van der Waals surface area contributed by atoms with Crippen molar-refractivity contribution in [1.82, 2.24) is 15.2 Å². The van der Waals surface area contributed by atoms with Gasteiger partial charge in [-0.3, -0.25) is 14.7 Å². The van der Waals surface area contributed by atoms with Gasteiger partial charge in [-0.05, 0) is 19.1 Å². The second kappa shape index (κ2) is 7.16. The number of carbonyl (C=O) groups excluding carboxylic acids is 2. The van der Waals surface area contributed by atoms with E-state index in [4.69, 9.17) is 5.73 Å². The molecule has 2 aromatic heterocycles. The largest absolute Gasteiger partial charge is 0.364 e. The number of aromatic amines is 1. The first-order valence-electron chi connectivity index (χ1n) is 7.29. The van der Waals surface area contributed by atoms with E-state index in [1.807, 2.05) is 29.6 Å². The van der Waals surface area contributed by atoms with Crippen LogP contribution < -0.4 is 11.1 Å². The minimum atomic E-state index is -0.703. The third kappa shape index (κ3) is 3.94. The maximum Gasteiger partial charge on any atom is 0.271 e.